The summed E-state index contributed by atoms with van der Waals surface area (Å²) in [7, 11) is 0. The zero-order valence-electron chi connectivity index (χ0n) is 28.8. The molecule has 4 fully saturated rings. The van der Waals surface area contributed by atoms with Gasteiger partial charge in [-0.2, -0.15) is 0 Å². The predicted molar refractivity (Wildman–Crippen MR) is 183 cm³/mol. The molecule has 0 spiro atoms. The number of hydrogen-bond donors (Lipinski definition) is 2. The van der Waals surface area contributed by atoms with Crippen molar-refractivity contribution in [2.24, 2.45) is 10.8 Å². The molecule has 0 aromatic rings. The van der Waals surface area contributed by atoms with Gasteiger partial charge in [0.1, 0.15) is 22.4 Å². The third kappa shape index (κ3) is 6.84. The first-order chi connectivity index (χ1) is 20.4. The quantitative estimate of drug-likeness (QED) is 0.194. The average Bonchev–Trinajstić information content (AvgIpc) is 3.73. The molecule has 4 aliphatic rings. The van der Waals surface area contributed by atoms with Crippen molar-refractivity contribution in [1.82, 2.24) is 0 Å². The molecule has 2 aliphatic heterocycles. The standard InChI is InChI=1S/C40H56O4/c1-29(17-13-19-31(3)21-23-39-35(5,6)25-33(41)27-37(39,9)43-39)15-11-12-16-30(2)18-14-20-32(4)22-24-40-36(7,8)26-34(42)28-38(40,10)44-40/h11-24,33-34,41-42H,25-28H2,1-10H3/b12-11+,17-13+,18-14+,23-21+,24-22+,29-15+,30-16+,31-19+,32-20+/t33?,34?,37-,38-,39-,40+/m1/s1. The molecule has 2 aliphatic carbocycles. The monoisotopic (exact) mass is 600 g/mol. The molecule has 4 nitrogen and oxygen atoms in total. The Hall–Kier alpha value is -2.50. The van der Waals surface area contributed by atoms with Crippen LogP contribution in [0.25, 0.3) is 0 Å². The SMILES string of the molecule is CC(/C=C/C=C(C)/C=C/[C@@]12O[C@]1(C)CC(O)CC2(C)C)=C\C=C\C=C(C)\C=C\C=C(C)\C=C\[C@]12O[C@]1(C)CC(O)CC2(C)C. The lowest BCUT2D eigenvalue weighted by Crippen LogP contribution is -2.46. The van der Waals surface area contributed by atoms with Gasteiger partial charge in [-0.3, -0.25) is 0 Å². The Morgan fingerprint density at radius 3 is 1.16 bits per heavy atom. The van der Waals surface area contributed by atoms with E-state index in [0.717, 1.165) is 12.8 Å². The fourth-order valence-electron chi connectivity index (χ4n) is 7.99. The van der Waals surface area contributed by atoms with Crippen molar-refractivity contribution >= 4 is 0 Å². The number of hydrogen-bond acceptors (Lipinski definition) is 4. The highest BCUT2D eigenvalue weighted by Gasteiger charge is 2.75. The molecule has 240 valence electrons. The van der Waals surface area contributed by atoms with E-state index in [2.05, 4.69) is 154 Å². The molecule has 0 bridgehead atoms. The normalized spacial score (nSPS) is 39.2. The van der Waals surface area contributed by atoms with Gasteiger partial charge in [-0.25, -0.2) is 0 Å². The molecular formula is C40H56O4. The number of allylic oxidation sites excluding steroid dienone is 16. The molecule has 44 heavy (non-hydrogen) atoms. The van der Waals surface area contributed by atoms with Crippen molar-refractivity contribution in [3.63, 3.8) is 0 Å². The maximum atomic E-state index is 10.3. The number of epoxide rings is 2. The van der Waals surface area contributed by atoms with E-state index < -0.39 is 0 Å². The third-order valence-corrected chi connectivity index (χ3v) is 10.4. The minimum absolute atomic E-state index is 0.0969. The zero-order chi connectivity index (χ0) is 32.6. The Kier molecular flexibility index (Phi) is 9.66. The van der Waals surface area contributed by atoms with E-state index in [4.69, 9.17) is 9.47 Å². The first-order valence-corrected chi connectivity index (χ1v) is 16.3. The van der Waals surface area contributed by atoms with E-state index in [1.807, 2.05) is 0 Å². The number of ether oxygens (including phenoxy) is 2. The molecule has 0 aromatic heterocycles. The van der Waals surface area contributed by atoms with Gasteiger partial charge in [0.15, 0.2) is 0 Å². The van der Waals surface area contributed by atoms with Gasteiger partial charge >= 0.3 is 0 Å². The van der Waals surface area contributed by atoms with Crippen LogP contribution >= 0.6 is 0 Å². The number of rotatable bonds is 10. The van der Waals surface area contributed by atoms with Gasteiger partial charge in [-0.05, 0) is 66.5 Å². The molecule has 0 amide bonds. The smallest absolute Gasteiger partial charge is 0.121 e. The lowest BCUT2D eigenvalue weighted by molar-refractivity contribution is 0.0510. The van der Waals surface area contributed by atoms with E-state index in [0.29, 0.717) is 12.8 Å². The number of fused-ring (bicyclic) bond motifs is 2. The molecule has 6 atom stereocenters. The predicted octanol–water partition coefficient (Wildman–Crippen LogP) is 8.97. The van der Waals surface area contributed by atoms with Gasteiger partial charge in [-0.1, -0.05) is 123 Å². The molecule has 0 aromatic carbocycles. The van der Waals surface area contributed by atoms with E-state index in [9.17, 15) is 10.2 Å². The van der Waals surface area contributed by atoms with Gasteiger partial charge in [0, 0.05) is 23.7 Å². The molecule has 2 saturated carbocycles. The van der Waals surface area contributed by atoms with Crippen molar-refractivity contribution in [1.29, 1.82) is 0 Å². The lowest BCUT2D eigenvalue weighted by atomic mass is 9.63. The van der Waals surface area contributed by atoms with Crippen LogP contribution in [-0.2, 0) is 9.47 Å². The maximum absolute atomic E-state index is 10.3. The summed E-state index contributed by atoms with van der Waals surface area (Å²) in [5.41, 5.74) is 3.36. The highest BCUT2D eigenvalue weighted by atomic mass is 16.6. The van der Waals surface area contributed by atoms with Crippen LogP contribution < -0.4 is 0 Å². The first kappa shape index (κ1) is 34.4. The minimum atomic E-state index is -0.294. The first-order valence-electron chi connectivity index (χ1n) is 16.3. The summed E-state index contributed by atoms with van der Waals surface area (Å²) in [5.74, 6) is 0. The van der Waals surface area contributed by atoms with Crippen molar-refractivity contribution < 1.29 is 19.7 Å². The Morgan fingerprint density at radius 2 is 0.818 bits per heavy atom. The molecule has 4 rings (SSSR count). The zero-order valence-corrected chi connectivity index (χ0v) is 28.8. The van der Waals surface area contributed by atoms with E-state index in [1.54, 1.807) is 0 Å². The Bertz CT molecular complexity index is 1270. The minimum Gasteiger partial charge on any atom is -0.393 e. The maximum Gasteiger partial charge on any atom is 0.121 e. The average molecular weight is 601 g/mol. The van der Waals surface area contributed by atoms with Crippen LogP contribution in [0.2, 0.25) is 0 Å². The third-order valence-electron chi connectivity index (χ3n) is 10.4. The summed E-state index contributed by atoms with van der Waals surface area (Å²) in [6.45, 7) is 21.4. The lowest BCUT2D eigenvalue weighted by Gasteiger charge is -2.39. The molecule has 2 N–H and O–H groups in total. The molecule has 2 unspecified atom stereocenters. The Balaban J connectivity index is 1.25. The fourth-order valence-corrected chi connectivity index (χ4v) is 7.99. The van der Waals surface area contributed by atoms with Crippen molar-refractivity contribution in [3.8, 4) is 0 Å². The number of aliphatic hydroxyl groups is 2. The topological polar surface area (TPSA) is 65.5 Å². The summed E-state index contributed by atoms with van der Waals surface area (Å²) < 4.78 is 12.5. The summed E-state index contributed by atoms with van der Waals surface area (Å²) in [6, 6.07) is 0. The largest absolute Gasteiger partial charge is 0.393 e. The van der Waals surface area contributed by atoms with Crippen LogP contribution in [0.5, 0.6) is 0 Å². The summed E-state index contributed by atoms with van der Waals surface area (Å²) in [5, 5.41) is 20.5. The number of aliphatic hydroxyl groups excluding tert-OH is 2. The van der Waals surface area contributed by atoms with Gasteiger partial charge < -0.3 is 19.7 Å². The second-order valence-corrected chi connectivity index (χ2v) is 15.4. The molecule has 4 heteroatoms. The summed E-state index contributed by atoms with van der Waals surface area (Å²) in [6.07, 6.45) is 32.0. The van der Waals surface area contributed by atoms with Crippen molar-refractivity contribution in [2.75, 3.05) is 0 Å². The molecule has 2 saturated heterocycles. The van der Waals surface area contributed by atoms with E-state index in [1.165, 1.54) is 22.3 Å². The second kappa shape index (κ2) is 12.4. The van der Waals surface area contributed by atoms with Gasteiger partial charge in [0.2, 0.25) is 0 Å². The van der Waals surface area contributed by atoms with E-state index >= 15 is 0 Å². The van der Waals surface area contributed by atoms with Crippen molar-refractivity contribution in [3.05, 3.63) is 107 Å². The van der Waals surface area contributed by atoms with Crippen LogP contribution in [0.4, 0.5) is 0 Å². The Labute approximate surface area is 267 Å². The molecule has 2 heterocycles. The van der Waals surface area contributed by atoms with Crippen LogP contribution in [0, 0.1) is 10.8 Å². The van der Waals surface area contributed by atoms with Crippen LogP contribution in [0.1, 0.15) is 94.9 Å². The highest BCUT2D eigenvalue weighted by Crippen LogP contribution is 2.67. The molecule has 0 radical (unpaired) electrons. The highest BCUT2D eigenvalue weighted by molar-refractivity contribution is 5.38. The van der Waals surface area contributed by atoms with Crippen LogP contribution in [0.15, 0.2) is 107 Å². The van der Waals surface area contributed by atoms with Gasteiger partial charge in [0.05, 0.1) is 12.2 Å². The Morgan fingerprint density at radius 1 is 0.500 bits per heavy atom. The van der Waals surface area contributed by atoms with Gasteiger partial charge in [0.25, 0.3) is 0 Å². The van der Waals surface area contributed by atoms with E-state index in [-0.39, 0.29) is 45.4 Å². The van der Waals surface area contributed by atoms with Crippen molar-refractivity contribution in [2.45, 2.75) is 130 Å². The summed E-state index contributed by atoms with van der Waals surface area (Å²) >= 11 is 0. The molecular weight excluding hydrogens is 544 g/mol. The second-order valence-electron chi connectivity index (χ2n) is 15.4. The van der Waals surface area contributed by atoms with Crippen LogP contribution in [-0.4, -0.2) is 44.8 Å². The fraction of sp³-hybridized carbons (Fsp3) is 0.550. The van der Waals surface area contributed by atoms with Gasteiger partial charge in [-0.15, -0.1) is 0 Å². The van der Waals surface area contributed by atoms with Crippen LogP contribution in [0.3, 0.4) is 0 Å². The summed E-state index contributed by atoms with van der Waals surface area (Å²) in [4.78, 5) is 0.